The number of ether oxygens (including phenoxy) is 1. The topological polar surface area (TPSA) is 79.7 Å². The molecule has 1 aromatic heterocycles. The van der Waals surface area contributed by atoms with Gasteiger partial charge in [0.25, 0.3) is 0 Å². The van der Waals surface area contributed by atoms with Crippen LogP contribution in [-0.4, -0.2) is 52.7 Å². The first kappa shape index (κ1) is 13.5. The summed E-state index contributed by atoms with van der Waals surface area (Å²) in [7, 11) is 0. The molecule has 1 saturated heterocycles. The average molecular weight is 264 g/mol. The monoisotopic (exact) mass is 264 g/mol. The largest absolute Gasteiger partial charge is 0.481 e. The Hall–Kier alpha value is -1.95. The zero-order chi connectivity index (χ0) is 13.7. The Morgan fingerprint density at radius 2 is 2.37 bits per heavy atom. The van der Waals surface area contributed by atoms with E-state index in [2.05, 4.69) is 4.98 Å². The fourth-order valence-electron chi connectivity index (χ4n) is 2.13. The minimum Gasteiger partial charge on any atom is -0.481 e. The summed E-state index contributed by atoms with van der Waals surface area (Å²) in [6.45, 7) is 1.18. The highest BCUT2D eigenvalue weighted by Gasteiger charge is 2.28. The SMILES string of the molecule is O=C(O)C[C@@H]1COCCN1C(=O)Cc1cccnc1. The Kier molecular flexibility index (Phi) is 4.46. The van der Waals surface area contributed by atoms with Crippen molar-refractivity contribution in [2.45, 2.75) is 18.9 Å². The van der Waals surface area contributed by atoms with Gasteiger partial charge in [-0.3, -0.25) is 14.6 Å². The van der Waals surface area contributed by atoms with Crippen molar-refractivity contribution in [3.05, 3.63) is 30.1 Å². The molecule has 1 amide bonds. The number of aromatic nitrogens is 1. The number of morpholine rings is 1. The minimum atomic E-state index is -0.922. The fraction of sp³-hybridized carbons (Fsp3) is 0.462. The summed E-state index contributed by atoms with van der Waals surface area (Å²) in [4.78, 5) is 28.6. The molecule has 0 saturated carbocycles. The number of carboxylic acid groups (broad SMARTS) is 1. The molecule has 1 N–H and O–H groups in total. The van der Waals surface area contributed by atoms with Gasteiger partial charge in [0.2, 0.25) is 5.91 Å². The Balaban J connectivity index is 2.01. The molecule has 2 rings (SSSR count). The van der Waals surface area contributed by atoms with Crippen molar-refractivity contribution in [2.75, 3.05) is 19.8 Å². The van der Waals surface area contributed by atoms with Crippen LogP contribution in [0.4, 0.5) is 0 Å². The van der Waals surface area contributed by atoms with Crippen LogP contribution in [0.25, 0.3) is 0 Å². The number of pyridine rings is 1. The summed E-state index contributed by atoms with van der Waals surface area (Å²) in [5.74, 6) is -1.00. The number of rotatable bonds is 4. The van der Waals surface area contributed by atoms with Crippen LogP contribution in [0, 0.1) is 0 Å². The van der Waals surface area contributed by atoms with Gasteiger partial charge in [0.15, 0.2) is 0 Å². The minimum absolute atomic E-state index is 0.0810. The van der Waals surface area contributed by atoms with Gasteiger partial charge in [-0.05, 0) is 11.6 Å². The van der Waals surface area contributed by atoms with Crippen LogP contribution in [0.2, 0.25) is 0 Å². The van der Waals surface area contributed by atoms with Gasteiger partial charge in [0.05, 0.1) is 32.1 Å². The number of amides is 1. The van der Waals surface area contributed by atoms with Gasteiger partial charge in [0, 0.05) is 18.9 Å². The molecule has 2 heterocycles. The summed E-state index contributed by atoms with van der Waals surface area (Å²) in [5, 5.41) is 8.85. The molecule has 1 aliphatic rings. The maximum absolute atomic E-state index is 12.2. The molecular formula is C13H16N2O4. The van der Waals surface area contributed by atoms with Crippen molar-refractivity contribution in [1.82, 2.24) is 9.88 Å². The van der Waals surface area contributed by atoms with E-state index in [4.69, 9.17) is 9.84 Å². The lowest BCUT2D eigenvalue weighted by Gasteiger charge is -2.34. The quantitative estimate of drug-likeness (QED) is 0.847. The number of hydrogen-bond donors (Lipinski definition) is 1. The lowest BCUT2D eigenvalue weighted by molar-refractivity contribution is -0.145. The highest BCUT2D eigenvalue weighted by molar-refractivity contribution is 5.80. The molecule has 1 aliphatic heterocycles. The predicted molar refractivity (Wildman–Crippen MR) is 66.5 cm³/mol. The van der Waals surface area contributed by atoms with Crippen molar-refractivity contribution in [3.8, 4) is 0 Å². The first-order valence-corrected chi connectivity index (χ1v) is 6.14. The molecule has 1 aromatic rings. The van der Waals surface area contributed by atoms with Gasteiger partial charge in [-0.2, -0.15) is 0 Å². The summed E-state index contributed by atoms with van der Waals surface area (Å²) in [6, 6.07) is 3.23. The van der Waals surface area contributed by atoms with Crippen LogP contribution in [0.15, 0.2) is 24.5 Å². The highest BCUT2D eigenvalue weighted by atomic mass is 16.5. The molecule has 102 valence electrons. The summed E-state index contributed by atoms with van der Waals surface area (Å²) in [6.07, 6.45) is 3.45. The van der Waals surface area contributed by atoms with Crippen LogP contribution < -0.4 is 0 Å². The Bertz CT molecular complexity index is 449. The molecule has 0 unspecified atom stereocenters. The van der Waals surface area contributed by atoms with E-state index in [-0.39, 0.29) is 31.4 Å². The van der Waals surface area contributed by atoms with E-state index in [9.17, 15) is 9.59 Å². The summed E-state index contributed by atoms with van der Waals surface area (Å²) < 4.78 is 5.24. The fourth-order valence-corrected chi connectivity index (χ4v) is 2.13. The number of nitrogens with zero attached hydrogens (tertiary/aromatic N) is 2. The van der Waals surface area contributed by atoms with Crippen molar-refractivity contribution in [1.29, 1.82) is 0 Å². The lowest BCUT2D eigenvalue weighted by Crippen LogP contribution is -2.50. The maximum Gasteiger partial charge on any atom is 0.305 e. The molecular weight excluding hydrogens is 248 g/mol. The number of carboxylic acids is 1. The van der Waals surface area contributed by atoms with E-state index in [0.717, 1.165) is 5.56 Å². The van der Waals surface area contributed by atoms with Crippen LogP contribution in [0.3, 0.4) is 0 Å². The molecule has 6 heteroatoms. The van der Waals surface area contributed by atoms with E-state index < -0.39 is 5.97 Å². The maximum atomic E-state index is 12.2. The predicted octanol–water partition coefficient (Wildman–Crippen LogP) is 0.326. The third-order valence-electron chi connectivity index (χ3n) is 3.04. The van der Waals surface area contributed by atoms with Gasteiger partial charge in [-0.15, -0.1) is 0 Å². The molecule has 0 radical (unpaired) electrons. The van der Waals surface area contributed by atoms with Crippen LogP contribution in [0.5, 0.6) is 0 Å². The van der Waals surface area contributed by atoms with Crippen molar-refractivity contribution < 1.29 is 19.4 Å². The smallest absolute Gasteiger partial charge is 0.305 e. The lowest BCUT2D eigenvalue weighted by atomic mass is 10.1. The number of carbonyl (C=O) groups excluding carboxylic acids is 1. The third kappa shape index (κ3) is 3.75. The first-order valence-electron chi connectivity index (χ1n) is 6.14. The van der Waals surface area contributed by atoms with Gasteiger partial charge in [0.1, 0.15) is 0 Å². The molecule has 6 nitrogen and oxygen atoms in total. The van der Waals surface area contributed by atoms with E-state index >= 15 is 0 Å². The van der Waals surface area contributed by atoms with E-state index in [1.807, 2.05) is 6.07 Å². The second kappa shape index (κ2) is 6.29. The first-order chi connectivity index (χ1) is 9.16. The molecule has 0 bridgehead atoms. The average Bonchev–Trinajstić information content (AvgIpc) is 2.39. The van der Waals surface area contributed by atoms with Gasteiger partial charge >= 0.3 is 5.97 Å². The van der Waals surface area contributed by atoms with Crippen LogP contribution >= 0.6 is 0 Å². The van der Waals surface area contributed by atoms with E-state index in [1.54, 1.807) is 23.4 Å². The van der Waals surface area contributed by atoms with E-state index in [1.165, 1.54) is 0 Å². The van der Waals surface area contributed by atoms with Crippen molar-refractivity contribution in [2.24, 2.45) is 0 Å². The molecule has 1 atom stereocenters. The second-order valence-electron chi connectivity index (χ2n) is 4.45. The standard InChI is InChI=1S/C13H16N2O4/c16-12(6-10-2-1-3-14-8-10)15-4-5-19-9-11(15)7-13(17)18/h1-3,8,11H,4-7,9H2,(H,17,18)/t11-/m1/s1. The normalized spacial score (nSPS) is 19.2. The van der Waals surface area contributed by atoms with Crippen molar-refractivity contribution in [3.63, 3.8) is 0 Å². The van der Waals surface area contributed by atoms with Gasteiger partial charge in [-0.1, -0.05) is 6.07 Å². The van der Waals surface area contributed by atoms with Crippen LogP contribution in [0.1, 0.15) is 12.0 Å². The van der Waals surface area contributed by atoms with Crippen molar-refractivity contribution >= 4 is 11.9 Å². The summed E-state index contributed by atoms with van der Waals surface area (Å²) in [5.41, 5.74) is 0.827. The molecule has 19 heavy (non-hydrogen) atoms. The zero-order valence-electron chi connectivity index (χ0n) is 10.5. The third-order valence-corrected chi connectivity index (χ3v) is 3.04. The van der Waals surface area contributed by atoms with Gasteiger partial charge < -0.3 is 14.7 Å². The number of aliphatic carboxylic acids is 1. The van der Waals surface area contributed by atoms with Gasteiger partial charge in [-0.25, -0.2) is 0 Å². The molecule has 1 fully saturated rings. The Labute approximate surface area is 111 Å². The molecule has 0 aromatic carbocycles. The Morgan fingerprint density at radius 3 is 3.05 bits per heavy atom. The highest BCUT2D eigenvalue weighted by Crippen LogP contribution is 2.13. The molecule has 0 aliphatic carbocycles. The molecule has 0 spiro atoms. The number of hydrogen-bond acceptors (Lipinski definition) is 4. The summed E-state index contributed by atoms with van der Waals surface area (Å²) >= 11 is 0. The van der Waals surface area contributed by atoms with E-state index in [0.29, 0.717) is 13.2 Å². The Morgan fingerprint density at radius 1 is 1.53 bits per heavy atom. The second-order valence-corrected chi connectivity index (χ2v) is 4.45. The number of carbonyl (C=O) groups is 2. The van der Waals surface area contributed by atoms with Crippen LogP contribution in [-0.2, 0) is 20.7 Å². The zero-order valence-corrected chi connectivity index (χ0v) is 10.5.